The first-order chi connectivity index (χ1) is 9.16. The van der Waals surface area contributed by atoms with Crippen molar-refractivity contribution < 1.29 is 9.90 Å². The van der Waals surface area contributed by atoms with Crippen LogP contribution in [0.15, 0.2) is 18.2 Å². The first-order valence-corrected chi connectivity index (χ1v) is 7.03. The largest absolute Gasteiger partial charge is 0.507 e. The van der Waals surface area contributed by atoms with Crippen LogP contribution in [0.5, 0.6) is 5.75 Å². The van der Waals surface area contributed by atoms with E-state index in [2.05, 4.69) is 10.2 Å². The fourth-order valence-electron chi connectivity index (χ4n) is 2.30. The van der Waals surface area contributed by atoms with E-state index in [1.165, 1.54) is 38.1 Å². The van der Waals surface area contributed by atoms with E-state index in [4.69, 9.17) is 11.6 Å². The summed E-state index contributed by atoms with van der Waals surface area (Å²) in [5.41, 5.74) is 0.230. The van der Waals surface area contributed by atoms with Gasteiger partial charge in [-0.15, -0.1) is 0 Å². The Labute approximate surface area is 118 Å². The zero-order valence-corrected chi connectivity index (χ0v) is 11.6. The number of phenols is 1. The summed E-state index contributed by atoms with van der Waals surface area (Å²) < 4.78 is 0. The third-order valence-corrected chi connectivity index (χ3v) is 3.57. The summed E-state index contributed by atoms with van der Waals surface area (Å²) in [4.78, 5) is 14.3. The van der Waals surface area contributed by atoms with Crippen LogP contribution >= 0.6 is 11.6 Å². The van der Waals surface area contributed by atoms with Gasteiger partial charge in [0.1, 0.15) is 5.75 Å². The number of hydrogen-bond donors (Lipinski definition) is 2. The molecule has 0 unspecified atom stereocenters. The van der Waals surface area contributed by atoms with E-state index in [0.29, 0.717) is 11.6 Å². The van der Waals surface area contributed by atoms with Crippen molar-refractivity contribution in [1.29, 1.82) is 0 Å². The van der Waals surface area contributed by atoms with Crippen molar-refractivity contribution in [1.82, 2.24) is 10.2 Å². The van der Waals surface area contributed by atoms with E-state index in [1.54, 1.807) is 6.07 Å². The fourth-order valence-corrected chi connectivity index (χ4v) is 2.47. The van der Waals surface area contributed by atoms with Crippen LogP contribution in [-0.4, -0.2) is 42.1 Å². The van der Waals surface area contributed by atoms with E-state index >= 15 is 0 Å². The predicted octanol–water partition coefficient (Wildman–Crippen LogP) is 2.26. The van der Waals surface area contributed by atoms with Crippen molar-refractivity contribution in [3.05, 3.63) is 28.8 Å². The second kappa shape index (κ2) is 6.78. The first kappa shape index (κ1) is 14.2. The van der Waals surface area contributed by atoms with Crippen molar-refractivity contribution in [3.63, 3.8) is 0 Å². The van der Waals surface area contributed by atoms with Gasteiger partial charge >= 0.3 is 0 Å². The maximum absolute atomic E-state index is 11.9. The molecule has 0 atom stereocenters. The molecule has 1 aromatic rings. The smallest absolute Gasteiger partial charge is 0.255 e. The Morgan fingerprint density at radius 2 is 2.11 bits per heavy atom. The molecule has 0 bridgehead atoms. The summed E-state index contributed by atoms with van der Waals surface area (Å²) >= 11 is 5.81. The molecule has 1 fully saturated rings. The van der Waals surface area contributed by atoms with Crippen LogP contribution in [0.1, 0.15) is 29.6 Å². The number of likely N-dealkylation sites (tertiary alicyclic amines) is 1. The maximum atomic E-state index is 11.9. The number of halogens is 1. The predicted molar refractivity (Wildman–Crippen MR) is 75.7 cm³/mol. The summed E-state index contributed by atoms with van der Waals surface area (Å²) in [5, 5.41) is 12.9. The molecular weight excluding hydrogens is 264 g/mol. The lowest BCUT2D eigenvalue weighted by molar-refractivity contribution is 0.0949. The zero-order valence-electron chi connectivity index (χ0n) is 10.9. The molecule has 1 saturated heterocycles. The van der Waals surface area contributed by atoms with Gasteiger partial charge in [-0.05, 0) is 57.1 Å². The second-order valence-electron chi connectivity index (χ2n) is 4.82. The Kier molecular flexibility index (Phi) is 5.05. The molecule has 0 saturated carbocycles. The number of rotatable bonds is 5. The van der Waals surface area contributed by atoms with E-state index in [-0.39, 0.29) is 17.2 Å². The average molecular weight is 283 g/mol. The van der Waals surface area contributed by atoms with Crippen molar-refractivity contribution in [2.45, 2.75) is 19.3 Å². The molecule has 0 radical (unpaired) electrons. The van der Waals surface area contributed by atoms with E-state index in [9.17, 15) is 9.90 Å². The molecule has 1 heterocycles. The number of amides is 1. The molecule has 5 heteroatoms. The van der Waals surface area contributed by atoms with Crippen LogP contribution in [-0.2, 0) is 0 Å². The van der Waals surface area contributed by atoms with Gasteiger partial charge in [-0.1, -0.05) is 11.6 Å². The fraction of sp³-hybridized carbons (Fsp3) is 0.500. The molecule has 2 N–H and O–H groups in total. The lowest BCUT2D eigenvalue weighted by atomic mass is 10.2. The zero-order chi connectivity index (χ0) is 13.7. The van der Waals surface area contributed by atoms with Crippen LogP contribution in [0.3, 0.4) is 0 Å². The highest BCUT2D eigenvalue weighted by atomic mass is 35.5. The first-order valence-electron chi connectivity index (χ1n) is 6.66. The van der Waals surface area contributed by atoms with Gasteiger partial charge in [0.2, 0.25) is 0 Å². The third kappa shape index (κ3) is 4.11. The summed E-state index contributed by atoms with van der Waals surface area (Å²) in [5.74, 6) is -0.317. The molecule has 104 valence electrons. The van der Waals surface area contributed by atoms with Crippen LogP contribution in [0, 0.1) is 0 Å². The van der Waals surface area contributed by atoms with E-state index < -0.39 is 0 Å². The van der Waals surface area contributed by atoms with Crippen LogP contribution in [0.2, 0.25) is 5.02 Å². The Balaban J connectivity index is 1.75. The quantitative estimate of drug-likeness (QED) is 0.815. The molecule has 1 aliphatic rings. The molecule has 0 aliphatic carbocycles. The maximum Gasteiger partial charge on any atom is 0.255 e. The van der Waals surface area contributed by atoms with Gasteiger partial charge in [-0.2, -0.15) is 0 Å². The van der Waals surface area contributed by atoms with Crippen molar-refractivity contribution in [2.75, 3.05) is 26.2 Å². The number of phenolic OH excluding ortho intramolecular Hbond substituents is 1. The molecule has 1 aliphatic heterocycles. The van der Waals surface area contributed by atoms with Gasteiger partial charge < -0.3 is 15.3 Å². The number of carbonyl (C=O) groups excluding carboxylic acids is 1. The SMILES string of the molecule is O=C(NCCCN1CCCC1)c1cc(Cl)ccc1O. The minimum Gasteiger partial charge on any atom is -0.507 e. The van der Waals surface area contributed by atoms with Gasteiger partial charge in [-0.25, -0.2) is 0 Å². The van der Waals surface area contributed by atoms with Gasteiger partial charge in [0, 0.05) is 11.6 Å². The molecule has 19 heavy (non-hydrogen) atoms. The molecule has 4 nitrogen and oxygen atoms in total. The lowest BCUT2D eigenvalue weighted by Gasteiger charge is -2.14. The Hall–Kier alpha value is -1.26. The molecule has 0 aromatic heterocycles. The number of hydrogen-bond acceptors (Lipinski definition) is 3. The normalized spacial score (nSPS) is 15.6. The van der Waals surface area contributed by atoms with Gasteiger partial charge in [0.25, 0.3) is 5.91 Å². The number of nitrogens with one attached hydrogen (secondary N) is 1. The van der Waals surface area contributed by atoms with Crippen LogP contribution in [0.4, 0.5) is 0 Å². The Bertz CT molecular complexity index is 445. The number of benzene rings is 1. The molecular formula is C14H19ClN2O2. The highest BCUT2D eigenvalue weighted by Crippen LogP contribution is 2.21. The Morgan fingerprint density at radius 3 is 2.84 bits per heavy atom. The molecule has 0 spiro atoms. The van der Waals surface area contributed by atoms with Gasteiger partial charge in [-0.3, -0.25) is 4.79 Å². The highest BCUT2D eigenvalue weighted by molar-refractivity contribution is 6.31. The van der Waals surface area contributed by atoms with E-state index in [1.807, 2.05) is 0 Å². The van der Waals surface area contributed by atoms with E-state index in [0.717, 1.165) is 13.0 Å². The second-order valence-corrected chi connectivity index (χ2v) is 5.26. The topological polar surface area (TPSA) is 52.6 Å². The summed E-state index contributed by atoms with van der Waals surface area (Å²) in [6.45, 7) is 3.97. The lowest BCUT2D eigenvalue weighted by Crippen LogP contribution is -2.28. The van der Waals surface area contributed by atoms with Crippen molar-refractivity contribution >= 4 is 17.5 Å². The standard InChI is InChI=1S/C14H19ClN2O2/c15-11-4-5-13(18)12(10-11)14(19)16-6-3-9-17-7-1-2-8-17/h4-5,10,18H,1-3,6-9H2,(H,16,19). The van der Waals surface area contributed by atoms with Crippen molar-refractivity contribution in [3.8, 4) is 5.75 Å². The highest BCUT2D eigenvalue weighted by Gasteiger charge is 2.13. The third-order valence-electron chi connectivity index (χ3n) is 3.34. The van der Waals surface area contributed by atoms with Gasteiger partial charge in [0.15, 0.2) is 0 Å². The number of aromatic hydroxyl groups is 1. The molecule has 1 amide bonds. The summed E-state index contributed by atoms with van der Waals surface area (Å²) in [7, 11) is 0. The van der Waals surface area contributed by atoms with Gasteiger partial charge in [0.05, 0.1) is 5.56 Å². The molecule has 2 rings (SSSR count). The number of nitrogens with zero attached hydrogens (tertiary/aromatic N) is 1. The Morgan fingerprint density at radius 1 is 1.37 bits per heavy atom. The minimum atomic E-state index is -0.276. The van der Waals surface area contributed by atoms with Crippen LogP contribution in [0.25, 0.3) is 0 Å². The average Bonchev–Trinajstić information content (AvgIpc) is 2.90. The molecule has 1 aromatic carbocycles. The minimum absolute atomic E-state index is 0.0403. The summed E-state index contributed by atoms with van der Waals surface area (Å²) in [6.07, 6.45) is 3.48. The number of carbonyl (C=O) groups is 1. The monoisotopic (exact) mass is 282 g/mol. The van der Waals surface area contributed by atoms with Crippen LogP contribution < -0.4 is 5.32 Å². The summed E-state index contributed by atoms with van der Waals surface area (Å²) in [6, 6.07) is 4.47. The van der Waals surface area contributed by atoms with Crippen molar-refractivity contribution in [2.24, 2.45) is 0 Å².